The molecule has 77 heavy (non-hydrogen) atoms. The molecule has 3 N–H and O–H groups in total. The quantitative estimate of drug-likeness (QED) is 0.0264. The van der Waals surface area contributed by atoms with Crippen LogP contribution in [0.4, 0.5) is 0 Å². The van der Waals surface area contributed by atoms with Crippen LogP contribution in [0, 0.1) is 0 Å². The first-order valence-corrected chi connectivity index (χ1v) is 32.5. The van der Waals surface area contributed by atoms with E-state index in [0.717, 1.165) is 103 Å². The Morgan fingerprint density at radius 2 is 0.714 bits per heavy atom. The molecule has 0 fully saturated rings. The maximum atomic E-state index is 12.7. The molecule has 0 aliphatic heterocycles. The van der Waals surface area contributed by atoms with Gasteiger partial charge in [-0.15, -0.1) is 0 Å². The predicted molar refractivity (Wildman–Crippen MR) is 330 cm³/mol. The number of nitrogens with two attached hydrogens (primary N) is 1. The fourth-order valence-corrected chi connectivity index (χ4v) is 9.04. The van der Waals surface area contributed by atoms with Crippen molar-refractivity contribution >= 4 is 19.8 Å². The Hall–Kier alpha value is -3.59. The normalized spacial score (nSPS) is 13.9. The topological polar surface area (TPSA) is 134 Å². The van der Waals surface area contributed by atoms with E-state index < -0.39 is 26.5 Å². The third kappa shape index (κ3) is 61.5. The van der Waals surface area contributed by atoms with E-state index in [1.807, 2.05) is 0 Å². The van der Waals surface area contributed by atoms with Crippen molar-refractivity contribution in [3.8, 4) is 0 Å². The van der Waals surface area contributed by atoms with Crippen LogP contribution in [-0.4, -0.2) is 49.3 Å². The molecule has 440 valence electrons. The Kier molecular flexibility index (Phi) is 58.7. The van der Waals surface area contributed by atoms with Crippen LogP contribution >= 0.6 is 7.82 Å². The summed E-state index contributed by atoms with van der Waals surface area (Å²) in [5.74, 6) is -0.846. The van der Waals surface area contributed by atoms with Crippen molar-refractivity contribution in [2.45, 2.75) is 264 Å². The Balaban J connectivity index is 4.02. The van der Waals surface area contributed by atoms with Gasteiger partial charge in [-0.2, -0.15) is 0 Å². The molecule has 0 aromatic heterocycles. The number of phosphoric acid groups is 1. The smallest absolute Gasteiger partial charge is 0.462 e. The number of ether oxygens (including phenoxy) is 2. The SMILES string of the molecule is CC/C=C\C/C=C\C/C=C\C/C=C\C/C=C\C/C=C\C/C=C\CCCCCCCCCC(=O)OC(COC(=O)CCCCCCCCCCCCCC/C=C\C/C=C\C/C=C\CCCCCCC)COP(=O)(O)OCCN. The Morgan fingerprint density at radius 1 is 0.403 bits per heavy atom. The molecule has 0 aliphatic carbocycles. The van der Waals surface area contributed by atoms with E-state index in [0.29, 0.717) is 6.42 Å². The monoisotopic (exact) mass is 1090 g/mol. The van der Waals surface area contributed by atoms with Crippen LogP contribution in [0.2, 0.25) is 0 Å². The van der Waals surface area contributed by atoms with Gasteiger partial charge >= 0.3 is 19.8 Å². The van der Waals surface area contributed by atoms with Gasteiger partial charge < -0.3 is 20.1 Å². The molecule has 0 spiro atoms. The van der Waals surface area contributed by atoms with Crippen LogP contribution in [0.1, 0.15) is 258 Å². The second kappa shape index (κ2) is 61.6. The lowest BCUT2D eigenvalue weighted by molar-refractivity contribution is -0.161. The molecule has 0 aromatic rings. The second-order valence-electron chi connectivity index (χ2n) is 20.2. The standard InChI is InChI=1S/C67H114NO8P/c1-3-5-7-9-11-13-15-17-19-21-23-25-27-29-31-32-34-36-38-40-42-44-46-48-50-52-54-56-58-60-67(70)76-65(64-75-77(71,72)74-62-61-68)63-73-66(69)59-57-55-53-51-49-47-45-43-41-39-37-35-33-30-28-26-24-22-20-18-16-14-12-10-8-6-4-2/h5,7,11,13,16-19,22-25,28-31,34,36,40,42,65H,3-4,6,8-10,12,14-15,20-21,26-27,32-33,35,37-39,41,43-64,68H2,1-2H3,(H,71,72)/b7-5-,13-11-,18-16-,19-17-,24-22-,25-23-,30-28-,31-29-,36-34-,42-40-. The number of carbonyl (C=O) groups is 2. The summed E-state index contributed by atoms with van der Waals surface area (Å²) in [5.41, 5.74) is 5.39. The van der Waals surface area contributed by atoms with Gasteiger partial charge in [-0.1, -0.05) is 257 Å². The zero-order valence-electron chi connectivity index (χ0n) is 49.2. The average molecular weight is 1090 g/mol. The zero-order valence-corrected chi connectivity index (χ0v) is 50.0. The summed E-state index contributed by atoms with van der Waals surface area (Å²) in [6.45, 7) is 3.61. The molecule has 0 saturated heterocycles. The summed E-state index contributed by atoms with van der Waals surface area (Å²) < 4.78 is 33.1. The van der Waals surface area contributed by atoms with Crippen LogP contribution < -0.4 is 5.73 Å². The van der Waals surface area contributed by atoms with Crippen LogP contribution in [0.15, 0.2) is 122 Å². The number of carbonyl (C=O) groups excluding carboxylic acids is 2. The van der Waals surface area contributed by atoms with E-state index >= 15 is 0 Å². The van der Waals surface area contributed by atoms with E-state index in [-0.39, 0.29) is 38.6 Å². The lowest BCUT2D eigenvalue weighted by Gasteiger charge is -2.19. The molecular formula is C67H114NO8P. The maximum absolute atomic E-state index is 12.7. The highest BCUT2D eigenvalue weighted by Crippen LogP contribution is 2.43. The Morgan fingerprint density at radius 3 is 1.06 bits per heavy atom. The second-order valence-corrected chi connectivity index (χ2v) is 21.6. The van der Waals surface area contributed by atoms with Crippen molar-refractivity contribution in [1.82, 2.24) is 0 Å². The van der Waals surface area contributed by atoms with E-state index in [1.54, 1.807) is 0 Å². The van der Waals surface area contributed by atoms with Gasteiger partial charge in [0.25, 0.3) is 0 Å². The molecule has 9 nitrogen and oxygen atoms in total. The van der Waals surface area contributed by atoms with Gasteiger partial charge in [0.05, 0.1) is 13.2 Å². The summed E-state index contributed by atoms with van der Waals surface area (Å²) in [4.78, 5) is 35.3. The van der Waals surface area contributed by atoms with E-state index in [2.05, 4.69) is 135 Å². The van der Waals surface area contributed by atoms with E-state index in [1.165, 1.54) is 122 Å². The average Bonchev–Trinajstić information content (AvgIpc) is 3.42. The lowest BCUT2D eigenvalue weighted by atomic mass is 10.0. The molecule has 0 amide bonds. The molecule has 0 rings (SSSR count). The van der Waals surface area contributed by atoms with Crippen molar-refractivity contribution in [2.75, 3.05) is 26.4 Å². The van der Waals surface area contributed by atoms with Crippen molar-refractivity contribution in [1.29, 1.82) is 0 Å². The molecule has 0 heterocycles. The Labute approximate surface area is 472 Å². The molecule has 10 heteroatoms. The molecule has 2 unspecified atom stereocenters. The van der Waals surface area contributed by atoms with Crippen LogP contribution in [0.25, 0.3) is 0 Å². The summed E-state index contributed by atoms with van der Waals surface area (Å²) in [5, 5.41) is 0. The molecule has 0 aliphatic rings. The van der Waals surface area contributed by atoms with Crippen molar-refractivity contribution in [3.63, 3.8) is 0 Å². The summed E-state index contributed by atoms with van der Waals surface area (Å²) in [7, 11) is -4.40. The fourth-order valence-electron chi connectivity index (χ4n) is 8.27. The van der Waals surface area contributed by atoms with Gasteiger partial charge in [0, 0.05) is 19.4 Å². The first kappa shape index (κ1) is 73.4. The third-order valence-electron chi connectivity index (χ3n) is 12.8. The summed E-state index contributed by atoms with van der Waals surface area (Å²) in [6, 6.07) is 0. The number of rotatable bonds is 57. The van der Waals surface area contributed by atoms with Gasteiger partial charge in [-0.3, -0.25) is 18.6 Å². The molecule has 2 atom stereocenters. The number of phosphoric ester groups is 1. The zero-order chi connectivity index (χ0) is 55.9. The van der Waals surface area contributed by atoms with Crippen LogP contribution in [0.3, 0.4) is 0 Å². The molecule has 0 radical (unpaired) electrons. The minimum absolute atomic E-state index is 0.0451. The number of unbranched alkanes of at least 4 members (excludes halogenated alkanes) is 24. The van der Waals surface area contributed by atoms with E-state index in [9.17, 15) is 19.0 Å². The lowest BCUT2D eigenvalue weighted by Crippen LogP contribution is -2.29. The molecule has 0 bridgehead atoms. The number of hydrogen-bond donors (Lipinski definition) is 2. The predicted octanol–water partition coefficient (Wildman–Crippen LogP) is 20.0. The number of esters is 2. The van der Waals surface area contributed by atoms with Gasteiger partial charge in [0.15, 0.2) is 6.10 Å². The van der Waals surface area contributed by atoms with Gasteiger partial charge in [-0.25, -0.2) is 4.57 Å². The molecule has 0 aromatic carbocycles. The summed E-state index contributed by atoms with van der Waals surface area (Å²) >= 11 is 0. The first-order valence-electron chi connectivity index (χ1n) is 31.0. The summed E-state index contributed by atoms with van der Waals surface area (Å²) in [6.07, 6.45) is 85.4. The van der Waals surface area contributed by atoms with Crippen LogP contribution in [0.5, 0.6) is 0 Å². The third-order valence-corrected chi connectivity index (χ3v) is 13.8. The number of allylic oxidation sites excluding steroid dienone is 20. The van der Waals surface area contributed by atoms with Gasteiger partial charge in [0.2, 0.25) is 0 Å². The van der Waals surface area contributed by atoms with Gasteiger partial charge in [0.1, 0.15) is 6.61 Å². The highest BCUT2D eigenvalue weighted by atomic mass is 31.2. The van der Waals surface area contributed by atoms with Crippen molar-refractivity contribution in [2.24, 2.45) is 5.73 Å². The highest BCUT2D eigenvalue weighted by Gasteiger charge is 2.26. The van der Waals surface area contributed by atoms with E-state index in [4.69, 9.17) is 24.3 Å². The number of hydrogen-bond acceptors (Lipinski definition) is 8. The van der Waals surface area contributed by atoms with Gasteiger partial charge in [-0.05, 0) is 109 Å². The molecular weight excluding hydrogens is 978 g/mol. The minimum Gasteiger partial charge on any atom is -0.462 e. The Bertz CT molecular complexity index is 1670. The minimum atomic E-state index is -4.40. The highest BCUT2D eigenvalue weighted by molar-refractivity contribution is 7.47. The van der Waals surface area contributed by atoms with Crippen molar-refractivity contribution in [3.05, 3.63) is 122 Å². The maximum Gasteiger partial charge on any atom is 0.472 e. The fraction of sp³-hybridized carbons (Fsp3) is 0.672. The molecule has 0 saturated carbocycles. The first-order chi connectivity index (χ1) is 37.8. The van der Waals surface area contributed by atoms with Crippen LogP contribution in [-0.2, 0) is 32.7 Å². The largest absolute Gasteiger partial charge is 0.472 e. The van der Waals surface area contributed by atoms with Crippen molar-refractivity contribution < 1.29 is 37.6 Å².